The van der Waals surface area contributed by atoms with E-state index in [2.05, 4.69) is 0 Å². The van der Waals surface area contributed by atoms with Crippen LogP contribution in [-0.4, -0.2) is 13.2 Å². The van der Waals surface area contributed by atoms with Gasteiger partial charge >= 0.3 is 0 Å². The summed E-state index contributed by atoms with van der Waals surface area (Å²) in [5.41, 5.74) is 0. The van der Waals surface area contributed by atoms with Crippen LogP contribution in [-0.2, 0) is 4.74 Å². The fourth-order valence-electron chi connectivity index (χ4n) is 4.46. The third-order valence-corrected chi connectivity index (χ3v) is 5.16. The average molecular weight is 194 g/mol. The molecule has 0 amide bonds. The highest BCUT2D eigenvalue weighted by Crippen LogP contribution is 2.53. The number of rotatable bonds is 1. The van der Waals surface area contributed by atoms with Gasteiger partial charge in [0.15, 0.2) is 0 Å². The van der Waals surface area contributed by atoms with Crippen LogP contribution in [0.5, 0.6) is 0 Å². The summed E-state index contributed by atoms with van der Waals surface area (Å²) in [6.45, 7) is 0. The molecular formula is C13H22O. The second-order valence-electron chi connectivity index (χ2n) is 5.77. The lowest BCUT2D eigenvalue weighted by atomic mass is 9.65. The lowest BCUT2D eigenvalue weighted by Gasteiger charge is -2.42. The first-order valence-corrected chi connectivity index (χ1v) is 6.39. The van der Waals surface area contributed by atoms with Gasteiger partial charge in [-0.05, 0) is 62.2 Å². The van der Waals surface area contributed by atoms with E-state index in [1.165, 1.54) is 32.1 Å². The molecule has 3 aliphatic rings. The summed E-state index contributed by atoms with van der Waals surface area (Å²) in [4.78, 5) is 0. The van der Waals surface area contributed by atoms with Gasteiger partial charge in [0.25, 0.3) is 0 Å². The SMILES string of the molecule is COC1CCC2CC3CCC(C3)C2C1. The maximum absolute atomic E-state index is 5.55. The smallest absolute Gasteiger partial charge is 0.0574 e. The lowest BCUT2D eigenvalue weighted by molar-refractivity contribution is -0.00473. The summed E-state index contributed by atoms with van der Waals surface area (Å²) in [5.74, 6) is 4.30. The van der Waals surface area contributed by atoms with Gasteiger partial charge < -0.3 is 4.74 Å². The number of fused-ring (bicyclic) bond motifs is 4. The van der Waals surface area contributed by atoms with Crippen molar-refractivity contribution in [3.63, 3.8) is 0 Å². The molecule has 0 aromatic carbocycles. The van der Waals surface area contributed by atoms with Crippen LogP contribution in [0.2, 0.25) is 0 Å². The van der Waals surface area contributed by atoms with E-state index >= 15 is 0 Å². The fraction of sp³-hybridized carbons (Fsp3) is 1.00. The van der Waals surface area contributed by atoms with Crippen molar-refractivity contribution in [1.82, 2.24) is 0 Å². The Morgan fingerprint density at radius 2 is 1.57 bits per heavy atom. The van der Waals surface area contributed by atoms with Crippen molar-refractivity contribution < 1.29 is 4.74 Å². The number of hydrogen-bond donors (Lipinski definition) is 0. The van der Waals surface area contributed by atoms with Crippen LogP contribution < -0.4 is 0 Å². The van der Waals surface area contributed by atoms with Crippen molar-refractivity contribution in [3.8, 4) is 0 Å². The summed E-state index contributed by atoms with van der Waals surface area (Å²) in [6.07, 6.45) is 10.9. The van der Waals surface area contributed by atoms with Gasteiger partial charge in [0.2, 0.25) is 0 Å². The lowest BCUT2D eigenvalue weighted by Crippen LogP contribution is -2.36. The molecule has 3 fully saturated rings. The van der Waals surface area contributed by atoms with Crippen LogP contribution >= 0.6 is 0 Å². The monoisotopic (exact) mass is 194 g/mol. The van der Waals surface area contributed by atoms with Gasteiger partial charge in [-0.25, -0.2) is 0 Å². The van der Waals surface area contributed by atoms with E-state index in [-0.39, 0.29) is 0 Å². The molecular weight excluding hydrogens is 172 g/mol. The maximum Gasteiger partial charge on any atom is 0.0574 e. The topological polar surface area (TPSA) is 9.23 Å². The Kier molecular flexibility index (Phi) is 2.31. The zero-order valence-corrected chi connectivity index (χ0v) is 9.24. The first kappa shape index (κ1) is 9.21. The Hall–Kier alpha value is -0.0400. The van der Waals surface area contributed by atoms with Gasteiger partial charge in [-0.3, -0.25) is 0 Å². The molecule has 0 aliphatic heterocycles. The maximum atomic E-state index is 5.55. The molecule has 3 aliphatic carbocycles. The van der Waals surface area contributed by atoms with Crippen LogP contribution in [0.15, 0.2) is 0 Å². The van der Waals surface area contributed by atoms with Crippen LogP contribution in [0, 0.1) is 23.7 Å². The third kappa shape index (κ3) is 1.41. The molecule has 80 valence electrons. The van der Waals surface area contributed by atoms with E-state index in [1.54, 1.807) is 12.8 Å². The van der Waals surface area contributed by atoms with Crippen LogP contribution in [0.1, 0.15) is 44.9 Å². The quantitative estimate of drug-likeness (QED) is 0.622. The van der Waals surface area contributed by atoms with Crippen molar-refractivity contribution in [1.29, 1.82) is 0 Å². The molecule has 0 aromatic heterocycles. The summed E-state index contributed by atoms with van der Waals surface area (Å²) < 4.78 is 5.55. The summed E-state index contributed by atoms with van der Waals surface area (Å²) in [6, 6.07) is 0. The van der Waals surface area contributed by atoms with Crippen molar-refractivity contribution in [2.75, 3.05) is 7.11 Å². The van der Waals surface area contributed by atoms with Gasteiger partial charge in [0, 0.05) is 7.11 Å². The Morgan fingerprint density at radius 3 is 2.29 bits per heavy atom. The Bertz CT molecular complexity index is 213. The van der Waals surface area contributed by atoms with E-state index in [0.29, 0.717) is 6.10 Å². The Labute approximate surface area is 87.2 Å². The van der Waals surface area contributed by atoms with Crippen molar-refractivity contribution in [2.24, 2.45) is 23.7 Å². The second kappa shape index (κ2) is 3.52. The second-order valence-corrected chi connectivity index (χ2v) is 5.77. The van der Waals surface area contributed by atoms with E-state index in [1.807, 2.05) is 7.11 Å². The molecule has 0 N–H and O–H groups in total. The molecule has 3 saturated carbocycles. The predicted octanol–water partition coefficient (Wildman–Crippen LogP) is 3.24. The molecule has 0 radical (unpaired) electrons. The Morgan fingerprint density at radius 1 is 0.857 bits per heavy atom. The van der Waals surface area contributed by atoms with Gasteiger partial charge in [-0.15, -0.1) is 0 Å². The van der Waals surface area contributed by atoms with E-state index in [4.69, 9.17) is 4.74 Å². The zero-order valence-electron chi connectivity index (χ0n) is 9.24. The van der Waals surface area contributed by atoms with Gasteiger partial charge in [-0.1, -0.05) is 6.42 Å². The minimum Gasteiger partial charge on any atom is -0.381 e. The minimum absolute atomic E-state index is 0.591. The van der Waals surface area contributed by atoms with Gasteiger partial charge in [-0.2, -0.15) is 0 Å². The van der Waals surface area contributed by atoms with Crippen molar-refractivity contribution in [2.45, 2.75) is 51.0 Å². The summed E-state index contributed by atoms with van der Waals surface area (Å²) >= 11 is 0. The molecule has 0 heterocycles. The first-order valence-electron chi connectivity index (χ1n) is 6.39. The molecule has 0 saturated heterocycles. The highest BCUT2D eigenvalue weighted by atomic mass is 16.5. The highest BCUT2D eigenvalue weighted by molar-refractivity contribution is 4.94. The molecule has 0 aromatic rings. The fourth-order valence-corrected chi connectivity index (χ4v) is 4.46. The number of ether oxygens (including phenoxy) is 1. The molecule has 0 spiro atoms. The van der Waals surface area contributed by atoms with Gasteiger partial charge in [0.05, 0.1) is 6.10 Å². The number of methoxy groups -OCH3 is 1. The summed E-state index contributed by atoms with van der Waals surface area (Å²) in [5, 5.41) is 0. The molecule has 1 nitrogen and oxygen atoms in total. The van der Waals surface area contributed by atoms with E-state index < -0.39 is 0 Å². The molecule has 14 heavy (non-hydrogen) atoms. The minimum atomic E-state index is 0.591. The van der Waals surface area contributed by atoms with Gasteiger partial charge in [0.1, 0.15) is 0 Å². The van der Waals surface area contributed by atoms with Crippen molar-refractivity contribution >= 4 is 0 Å². The third-order valence-electron chi connectivity index (χ3n) is 5.16. The standard InChI is InChI=1S/C13H22O/c1-14-12-5-4-11-7-9-2-3-10(6-9)13(11)8-12/h9-13H,2-8H2,1H3. The largest absolute Gasteiger partial charge is 0.381 e. The average Bonchev–Trinajstić information content (AvgIpc) is 2.61. The Balaban J connectivity index is 1.73. The van der Waals surface area contributed by atoms with Crippen molar-refractivity contribution in [3.05, 3.63) is 0 Å². The van der Waals surface area contributed by atoms with Crippen LogP contribution in [0.4, 0.5) is 0 Å². The van der Waals surface area contributed by atoms with Crippen LogP contribution in [0.25, 0.3) is 0 Å². The zero-order chi connectivity index (χ0) is 9.54. The molecule has 3 rings (SSSR count). The van der Waals surface area contributed by atoms with E-state index in [0.717, 1.165) is 23.7 Å². The highest BCUT2D eigenvalue weighted by Gasteiger charge is 2.44. The molecule has 1 heteroatoms. The molecule has 5 atom stereocenters. The normalized spacial score (nSPS) is 51.6. The number of hydrogen-bond acceptors (Lipinski definition) is 1. The summed E-state index contributed by atoms with van der Waals surface area (Å²) in [7, 11) is 1.89. The predicted molar refractivity (Wildman–Crippen MR) is 57.1 cm³/mol. The molecule has 5 unspecified atom stereocenters. The first-order chi connectivity index (χ1) is 6.86. The van der Waals surface area contributed by atoms with E-state index in [9.17, 15) is 0 Å². The molecule has 2 bridgehead atoms. The van der Waals surface area contributed by atoms with Crippen LogP contribution in [0.3, 0.4) is 0 Å².